The van der Waals surface area contributed by atoms with Crippen LogP contribution in [-0.4, -0.2) is 30.2 Å². The summed E-state index contributed by atoms with van der Waals surface area (Å²) in [4.78, 5) is 2.26. The van der Waals surface area contributed by atoms with E-state index in [4.69, 9.17) is 5.73 Å². The molecule has 96 valence electrons. The Morgan fingerprint density at radius 2 is 1.69 bits per heavy atom. The van der Waals surface area contributed by atoms with Crippen molar-refractivity contribution < 1.29 is 0 Å². The lowest BCUT2D eigenvalue weighted by Gasteiger charge is -2.37. The van der Waals surface area contributed by atoms with Crippen molar-refractivity contribution in [3.8, 4) is 0 Å². The molecule has 2 aliphatic heterocycles. The predicted molar refractivity (Wildman–Crippen MR) is 75.7 cm³/mol. The van der Waals surface area contributed by atoms with Gasteiger partial charge in [-0.05, 0) is 38.1 Å². The molecule has 0 saturated carbocycles. The average Bonchev–Trinajstić information content (AvgIpc) is 2.20. The minimum Gasteiger partial charge on any atom is -0.356 e. The number of nitrogens with two attached hydrogens (primary N) is 1. The van der Waals surface area contributed by atoms with E-state index in [0.717, 1.165) is 13.1 Å². The van der Waals surface area contributed by atoms with Crippen molar-refractivity contribution in [1.82, 2.24) is 10.2 Å². The Labute approximate surface area is 116 Å². The molecule has 3 N–H and O–H groups in total. The molecule has 16 heavy (non-hydrogen) atoms. The minimum atomic E-state index is 0. The molecule has 3 nitrogen and oxygen atoms in total. The van der Waals surface area contributed by atoms with Crippen LogP contribution in [0.15, 0.2) is 24.4 Å². The fourth-order valence-electron chi connectivity index (χ4n) is 2.00. The van der Waals surface area contributed by atoms with E-state index < -0.39 is 0 Å². The van der Waals surface area contributed by atoms with Crippen molar-refractivity contribution in [2.75, 3.05) is 13.1 Å². The van der Waals surface area contributed by atoms with Gasteiger partial charge in [0.1, 0.15) is 0 Å². The van der Waals surface area contributed by atoms with Crippen LogP contribution in [0.2, 0.25) is 0 Å². The number of hydrogen-bond acceptors (Lipinski definition) is 3. The van der Waals surface area contributed by atoms with Gasteiger partial charge in [-0.2, -0.15) is 0 Å². The van der Waals surface area contributed by atoms with Gasteiger partial charge in [-0.25, -0.2) is 0 Å². The lowest BCUT2D eigenvalue weighted by Crippen LogP contribution is -2.48. The normalized spacial score (nSPS) is 24.1. The smallest absolute Gasteiger partial charge is 0.0962 e. The van der Waals surface area contributed by atoms with Crippen LogP contribution < -0.4 is 11.1 Å². The standard InChI is InChI=1S/C10H17N3.3ClH/c11-10-3-1-2-8-13(10)9-4-6-12-7-5-9;;;/h1-3,8-10,12H,4-7,11H2;3*1H. The summed E-state index contributed by atoms with van der Waals surface area (Å²) in [6, 6.07) is 0.623. The zero-order valence-corrected chi connectivity index (χ0v) is 11.5. The van der Waals surface area contributed by atoms with Crippen LogP contribution in [0.5, 0.6) is 0 Å². The van der Waals surface area contributed by atoms with Crippen molar-refractivity contribution >= 4 is 37.2 Å². The fourth-order valence-corrected chi connectivity index (χ4v) is 2.00. The van der Waals surface area contributed by atoms with Gasteiger partial charge in [0.05, 0.1) is 6.17 Å². The minimum absolute atomic E-state index is 0. The van der Waals surface area contributed by atoms with Gasteiger partial charge >= 0.3 is 0 Å². The summed E-state index contributed by atoms with van der Waals surface area (Å²) in [5.74, 6) is 0. The third-order valence-corrected chi connectivity index (χ3v) is 2.75. The molecule has 1 fully saturated rings. The topological polar surface area (TPSA) is 41.3 Å². The first-order valence-electron chi connectivity index (χ1n) is 4.96. The lowest BCUT2D eigenvalue weighted by molar-refractivity contribution is 0.194. The van der Waals surface area contributed by atoms with Crippen molar-refractivity contribution in [3.05, 3.63) is 24.4 Å². The van der Waals surface area contributed by atoms with Crippen LogP contribution in [-0.2, 0) is 0 Å². The summed E-state index contributed by atoms with van der Waals surface area (Å²) in [5, 5.41) is 3.36. The molecular formula is C10H20Cl3N3. The number of halogens is 3. The predicted octanol–water partition coefficient (Wildman–Crippen LogP) is 1.67. The van der Waals surface area contributed by atoms with E-state index in [2.05, 4.69) is 22.5 Å². The van der Waals surface area contributed by atoms with E-state index in [1.807, 2.05) is 12.2 Å². The zero-order valence-electron chi connectivity index (χ0n) is 9.04. The molecule has 2 rings (SSSR count). The van der Waals surface area contributed by atoms with Gasteiger partial charge < -0.3 is 16.0 Å². The molecule has 2 aliphatic rings. The summed E-state index contributed by atoms with van der Waals surface area (Å²) < 4.78 is 0. The third kappa shape index (κ3) is 4.52. The average molecular weight is 289 g/mol. The maximum atomic E-state index is 5.98. The summed E-state index contributed by atoms with van der Waals surface area (Å²) in [5.41, 5.74) is 5.98. The molecule has 0 aromatic carbocycles. The van der Waals surface area contributed by atoms with Crippen molar-refractivity contribution in [2.45, 2.75) is 25.0 Å². The molecule has 0 amide bonds. The van der Waals surface area contributed by atoms with E-state index in [-0.39, 0.29) is 43.4 Å². The van der Waals surface area contributed by atoms with Crippen LogP contribution in [0.1, 0.15) is 12.8 Å². The highest BCUT2D eigenvalue weighted by Gasteiger charge is 2.22. The number of rotatable bonds is 1. The largest absolute Gasteiger partial charge is 0.356 e. The van der Waals surface area contributed by atoms with Crippen LogP contribution in [0.3, 0.4) is 0 Å². The van der Waals surface area contributed by atoms with E-state index in [0.29, 0.717) is 6.04 Å². The van der Waals surface area contributed by atoms with Gasteiger partial charge in [-0.15, -0.1) is 37.2 Å². The highest BCUT2D eigenvalue weighted by atomic mass is 35.5. The second kappa shape index (κ2) is 9.14. The van der Waals surface area contributed by atoms with Crippen LogP contribution in [0, 0.1) is 0 Å². The Balaban J connectivity index is 0. The van der Waals surface area contributed by atoms with Gasteiger partial charge in [0, 0.05) is 12.2 Å². The number of nitrogens with zero attached hydrogens (tertiary/aromatic N) is 1. The van der Waals surface area contributed by atoms with E-state index >= 15 is 0 Å². The van der Waals surface area contributed by atoms with Crippen molar-refractivity contribution in [3.63, 3.8) is 0 Å². The van der Waals surface area contributed by atoms with Gasteiger partial charge in [-0.3, -0.25) is 0 Å². The maximum absolute atomic E-state index is 5.98. The maximum Gasteiger partial charge on any atom is 0.0962 e. The van der Waals surface area contributed by atoms with Gasteiger partial charge in [0.25, 0.3) is 0 Å². The number of piperidine rings is 1. The lowest BCUT2D eigenvalue weighted by atomic mass is 10.0. The number of hydrogen-bond donors (Lipinski definition) is 2. The van der Waals surface area contributed by atoms with E-state index in [1.54, 1.807) is 0 Å². The molecule has 0 aromatic heterocycles. The molecular weight excluding hydrogens is 268 g/mol. The summed E-state index contributed by atoms with van der Waals surface area (Å²) in [7, 11) is 0. The fraction of sp³-hybridized carbons (Fsp3) is 0.600. The Hall–Kier alpha value is 0.0700. The molecule has 1 atom stereocenters. The number of allylic oxidation sites excluding steroid dienone is 2. The molecule has 1 unspecified atom stereocenters. The monoisotopic (exact) mass is 287 g/mol. The van der Waals surface area contributed by atoms with Crippen LogP contribution >= 0.6 is 37.2 Å². The Kier molecular flexibility index (Phi) is 10.5. The Morgan fingerprint density at radius 3 is 2.25 bits per heavy atom. The Morgan fingerprint density at radius 1 is 1.06 bits per heavy atom. The molecule has 0 aliphatic carbocycles. The molecule has 6 heteroatoms. The summed E-state index contributed by atoms with van der Waals surface area (Å²) in [6.45, 7) is 2.23. The highest BCUT2D eigenvalue weighted by Crippen LogP contribution is 2.16. The van der Waals surface area contributed by atoms with E-state index in [9.17, 15) is 0 Å². The second-order valence-corrected chi connectivity index (χ2v) is 3.65. The van der Waals surface area contributed by atoms with Crippen LogP contribution in [0.25, 0.3) is 0 Å². The first kappa shape index (κ1) is 18.4. The zero-order chi connectivity index (χ0) is 9.10. The Bertz CT molecular complexity index is 227. The van der Waals surface area contributed by atoms with Crippen LogP contribution in [0.4, 0.5) is 0 Å². The number of nitrogens with one attached hydrogen (secondary N) is 1. The second-order valence-electron chi connectivity index (χ2n) is 3.65. The molecule has 0 radical (unpaired) electrons. The van der Waals surface area contributed by atoms with Crippen molar-refractivity contribution in [2.24, 2.45) is 5.73 Å². The summed E-state index contributed by atoms with van der Waals surface area (Å²) >= 11 is 0. The highest BCUT2D eigenvalue weighted by molar-refractivity contribution is 5.86. The van der Waals surface area contributed by atoms with E-state index in [1.165, 1.54) is 12.8 Å². The summed E-state index contributed by atoms with van der Waals surface area (Å²) in [6.07, 6.45) is 10.7. The SMILES string of the molecule is Cl.Cl.Cl.NC1C=CC=CN1C1CCNCC1. The quantitative estimate of drug-likeness (QED) is 0.771. The van der Waals surface area contributed by atoms with Gasteiger partial charge in [0.2, 0.25) is 0 Å². The molecule has 0 spiro atoms. The molecule has 0 aromatic rings. The van der Waals surface area contributed by atoms with Gasteiger partial charge in [-0.1, -0.05) is 6.08 Å². The van der Waals surface area contributed by atoms with Crippen molar-refractivity contribution in [1.29, 1.82) is 0 Å². The van der Waals surface area contributed by atoms with Gasteiger partial charge in [0.15, 0.2) is 0 Å². The third-order valence-electron chi connectivity index (χ3n) is 2.75. The first-order valence-corrected chi connectivity index (χ1v) is 4.96. The molecule has 1 saturated heterocycles. The first-order chi connectivity index (χ1) is 6.38. The molecule has 0 bridgehead atoms. The molecule has 2 heterocycles.